The Balaban J connectivity index is 1.91. The molecule has 0 fully saturated rings. The average molecular weight is 324 g/mol. The lowest BCUT2D eigenvalue weighted by Crippen LogP contribution is -2.40. The van der Waals surface area contributed by atoms with Gasteiger partial charge >= 0.3 is 0 Å². The lowest BCUT2D eigenvalue weighted by atomic mass is 10.1. The van der Waals surface area contributed by atoms with Gasteiger partial charge in [-0.1, -0.05) is 6.07 Å². The number of carbonyl (C=O) groups is 1. The molecule has 0 aliphatic heterocycles. The van der Waals surface area contributed by atoms with E-state index in [1.54, 1.807) is 18.6 Å². The maximum absolute atomic E-state index is 12.4. The Hall–Kier alpha value is -2.96. The summed E-state index contributed by atoms with van der Waals surface area (Å²) in [7, 11) is 0. The van der Waals surface area contributed by atoms with Crippen LogP contribution in [0.2, 0.25) is 0 Å². The number of hydrogen-bond acceptors (Lipinski definition) is 5. The highest BCUT2D eigenvalue weighted by Gasteiger charge is 2.19. The van der Waals surface area contributed by atoms with Crippen molar-refractivity contribution in [2.75, 3.05) is 5.32 Å². The third kappa shape index (κ3) is 3.51. The smallest absolute Gasteiger partial charge is 0.255 e. The van der Waals surface area contributed by atoms with E-state index in [1.807, 2.05) is 39.8 Å². The summed E-state index contributed by atoms with van der Waals surface area (Å²) in [6.07, 6.45) is 5.00. The van der Waals surface area contributed by atoms with Crippen LogP contribution < -0.4 is 10.6 Å². The van der Waals surface area contributed by atoms with Crippen LogP contribution in [-0.4, -0.2) is 31.4 Å². The van der Waals surface area contributed by atoms with E-state index >= 15 is 0 Å². The van der Waals surface area contributed by atoms with Crippen LogP contribution in [0.3, 0.4) is 0 Å². The number of H-pyrrole nitrogens is 1. The van der Waals surface area contributed by atoms with Gasteiger partial charge in [-0.05, 0) is 39.3 Å². The topological polar surface area (TPSA) is 95.6 Å². The minimum Gasteiger partial charge on any atom is -0.347 e. The third-order valence-electron chi connectivity index (χ3n) is 3.28. The normalized spacial score (nSPS) is 11.5. The highest BCUT2D eigenvalue weighted by molar-refractivity contribution is 6.04. The first kappa shape index (κ1) is 15.9. The molecule has 0 spiro atoms. The predicted octanol–water partition coefficient (Wildman–Crippen LogP) is 2.93. The molecular formula is C17H20N6O. The number of pyridine rings is 1. The first-order valence-electron chi connectivity index (χ1n) is 7.68. The summed E-state index contributed by atoms with van der Waals surface area (Å²) in [5.41, 5.74) is 2.31. The van der Waals surface area contributed by atoms with E-state index in [0.717, 1.165) is 5.56 Å². The molecule has 1 amide bonds. The minimum atomic E-state index is -0.324. The molecule has 3 aromatic rings. The number of rotatable bonds is 3. The molecule has 0 bridgehead atoms. The Morgan fingerprint density at radius 3 is 2.58 bits per heavy atom. The number of anilines is 2. The van der Waals surface area contributed by atoms with Crippen molar-refractivity contribution in [1.29, 1.82) is 0 Å². The van der Waals surface area contributed by atoms with Crippen molar-refractivity contribution in [2.45, 2.75) is 33.2 Å². The van der Waals surface area contributed by atoms with Gasteiger partial charge in [0.05, 0.1) is 11.8 Å². The van der Waals surface area contributed by atoms with Crippen LogP contribution in [-0.2, 0) is 0 Å². The Morgan fingerprint density at radius 2 is 1.92 bits per heavy atom. The van der Waals surface area contributed by atoms with Crippen LogP contribution in [0.25, 0.3) is 11.2 Å². The molecule has 7 nitrogen and oxygen atoms in total. The largest absolute Gasteiger partial charge is 0.347 e. The van der Waals surface area contributed by atoms with Gasteiger partial charge in [0.2, 0.25) is 0 Å². The molecule has 3 rings (SSSR count). The van der Waals surface area contributed by atoms with E-state index in [1.165, 1.54) is 0 Å². The Bertz CT molecular complexity index is 876. The van der Waals surface area contributed by atoms with Crippen LogP contribution in [0.5, 0.6) is 0 Å². The maximum Gasteiger partial charge on any atom is 0.255 e. The molecule has 3 heterocycles. The molecule has 124 valence electrons. The van der Waals surface area contributed by atoms with Gasteiger partial charge in [0, 0.05) is 17.9 Å². The van der Waals surface area contributed by atoms with Crippen LogP contribution >= 0.6 is 0 Å². The average Bonchev–Trinajstić information content (AvgIpc) is 2.91. The van der Waals surface area contributed by atoms with Crippen LogP contribution in [0.15, 0.2) is 30.7 Å². The maximum atomic E-state index is 12.4. The number of hydrogen-bond donors (Lipinski definition) is 3. The fourth-order valence-electron chi connectivity index (χ4n) is 2.21. The van der Waals surface area contributed by atoms with Crippen molar-refractivity contribution >= 4 is 28.7 Å². The number of aromatic nitrogens is 4. The van der Waals surface area contributed by atoms with Crippen molar-refractivity contribution in [2.24, 2.45) is 0 Å². The summed E-state index contributed by atoms with van der Waals surface area (Å²) in [6.45, 7) is 7.77. The monoisotopic (exact) mass is 324 g/mol. The van der Waals surface area contributed by atoms with E-state index in [2.05, 4.69) is 30.6 Å². The highest BCUT2D eigenvalue weighted by Crippen LogP contribution is 2.19. The van der Waals surface area contributed by atoms with Gasteiger partial charge in [-0.25, -0.2) is 15.0 Å². The minimum absolute atomic E-state index is 0.186. The van der Waals surface area contributed by atoms with Gasteiger partial charge < -0.3 is 15.6 Å². The second-order valence-electron chi connectivity index (χ2n) is 6.70. The second-order valence-corrected chi connectivity index (χ2v) is 6.70. The molecule has 24 heavy (non-hydrogen) atoms. The zero-order valence-electron chi connectivity index (χ0n) is 14.1. The number of amides is 1. The predicted molar refractivity (Wildman–Crippen MR) is 93.4 cm³/mol. The van der Waals surface area contributed by atoms with E-state index in [9.17, 15) is 4.79 Å². The number of nitrogens with zero attached hydrogens (tertiary/aromatic N) is 3. The van der Waals surface area contributed by atoms with E-state index in [-0.39, 0.29) is 11.4 Å². The molecule has 0 atom stereocenters. The molecule has 0 aliphatic rings. The van der Waals surface area contributed by atoms with E-state index < -0.39 is 0 Å². The van der Waals surface area contributed by atoms with Crippen molar-refractivity contribution in [3.8, 4) is 0 Å². The zero-order valence-corrected chi connectivity index (χ0v) is 14.1. The van der Waals surface area contributed by atoms with Gasteiger partial charge in [-0.2, -0.15) is 0 Å². The molecular weight excluding hydrogens is 304 g/mol. The summed E-state index contributed by atoms with van der Waals surface area (Å²) in [5, 5.41) is 6.03. The highest BCUT2D eigenvalue weighted by atomic mass is 16.1. The quantitative estimate of drug-likeness (QED) is 0.688. The summed E-state index contributed by atoms with van der Waals surface area (Å²) in [5.74, 6) is 1.02. The standard InChI is InChI=1S/C17H20N6O/c1-10-5-6-12(18-7-10)21-13-9-20-15-14(22-13)11(8-19-15)16(24)23-17(2,3)4/h5-9H,1-4H3,(H,19,20)(H,23,24)(H,18,21,22). The number of carbonyl (C=O) groups excluding carboxylic acids is 1. The van der Waals surface area contributed by atoms with Crippen LogP contribution in [0.4, 0.5) is 11.6 Å². The molecule has 7 heteroatoms. The van der Waals surface area contributed by atoms with Crippen molar-refractivity contribution < 1.29 is 4.79 Å². The van der Waals surface area contributed by atoms with E-state index in [0.29, 0.717) is 28.4 Å². The molecule has 0 saturated heterocycles. The Kier molecular flexibility index (Phi) is 3.92. The SMILES string of the molecule is Cc1ccc(Nc2cnc3[nH]cc(C(=O)NC(C)(C)C)c3n2)nc1. The zero-order chi connectivity index (χ0) is 17.3. The van der Waals surface area contributed by atoms with Crippen molar-refractivity contribution in [3.63, 3.8) is 0 Å². The molecule has 3 aromatic heterocycles. The number of nitrogens with one attached hydrogen (secondary N) is 3. The molecule has 0 unspecified atom stereocenters. The molecule has 0 aliphatic carbocycles. The van der Waals surface area contributed by atoms with Gasteiger partial charge in [-0.15, -0.1) is 0 Å². The fourth-order valence-corrected chi connectivity index (χ4v) is 2.21. The summed E-state index contributed by atoms with van der Waals surface area (Å²) in [6, 6.07) is 3.82. The molecule has 0 radical (unpaired) electrons. The van der Waals surface area contributed by atoms with Gasteiger partial charge in [0.25, 0.3) is 5.91 Å². The van der Waals surface area contributed by atoms with Crippen molar-refractivity contribution in [3.05, 3.63) is 41.9 Å². The Labute approximate surface area is 139 Å². The first-order valence-corrected chi connectivity index (χ1v) is 7.68. The molecule has 0 saturated carbocycles. The fraction of sp³-hybridized carbons (Fsp3) is 0.294. The van der Waals surface area contributed by atoms with E-state index in [4.69, 9.17) is 0 Å². The molecule has 3 N–H and O–H groups in total. The lowest BCUT2D eigenvalue weighted by Gasteiger charge is -2.20. The first-order chi connectivity index (χ1) is 11.3. The van der Waals surface area contributed by atoms with Gasteiger partial charge in [0.15, 0.2) is 11.5 Å². The lowest BCUT2D eigenvalue weighted by molar-refractivity contribution is 0.0921. The number of aromatic amines is 1. The third-order valence-corrected chi connectivity index (χ3v) is 3.28. The second kappa shape index (κ2) is 5.92. The number of fused-ring (bicyclic) bond motifs is 1. The summed E-state index contributed by atoms with van der Waals surface area (Å²) >= 11 is 0. The summed E-state index contributed by atoms with van der Waals surface area (Å²) in [4.78, 5) is 28.5. The summed E-state index contributed by atoms with van der Waals surface area (Å²) < 4.78 is 0. The van der Waals surface area contributed by atoms with Crippen LogP contribution in [0, 0.1) is 6.92 Å². The Morgan fingerprint density at radius 1 is 1.12 bits per heavy atom. The van der Waals surface area contributed by atoms with Gasteiger partial charge in [-0.3, -0.25) is 4.79 Å². The van der Waals surface area contributed by atoms with Crippen LogP contribution in [0.1, 0.15) is 36.7 Å². The number of aryl methyl sites for hydroxylation is 1. The van der Waals surface area contributed by atoms with Gasteiger partial charge in [0.1, 0.15) is 11.3 Å². The molecule has 0 aromatic carbocycles. The van der Waals surface area contributed by atoms with Crippen molar-refractivity contribution in [1.82, 2.24) is 25.3 Å².